The van der Waals surface area contributed by atoms with E-state index in [1.807, 2.05) is 6.92 Å². The summed E-state index contributed by atoms with van der Waals surface area (Å²) in [6.07, 6.45) is 4.12. The van der Waals surface area contributed by atoms with Gasteiger partial charge in [-0.2, -0.15) is 0 Å². The second kappa shape index (κ2) is 5.67. The maximum Gasteiger partial charge on any atom is 0.224 e. The second-order valence-corrected chi connectivity index (χ2v) is 7.08. The fourth-order valence-corrected chi connectivity index (χ4v) is 3.75. The van der Waals surface area contributed by atoms with Crippen LogP contribution in [0.1, 0.15) is 32.6 Å². The van der Waals surface area contributed by atoms with E-state index in [1.54, 1.807) is 4.13 Å². The van der Waals surface area contributed by atoms with Gasteiger partial charge in [0.25, 0.3) is 0 Å². The highest BCUT2D eigenvalue weighted by Gasteiger charge is 2.15. The highest BCUT2D eigenvalue weighted by molar-refractivity contribution is 8.04. The van der Waals surface area contributed by atoms with E-state index in [-0.39, 0.29) is 5.75 Å². The Hall–Kier alpha value is -0.140. The lowest BCUT2D eigenvalue weighted by Crippen LogP contribution is -2.31. The number of hydrogen-bond acceptors (Lipinski definition) is 4. The van der Waals surface area contributed by atoms with E-state index in [4.69, 9.17) is 0 Å². The Morgan fingerprint density at radius 3 is 2.00 bits per heavy atom. The molecule has 0 aliphatic rings. The van der Waals surface area contributed by atoms with Crippen molar-refractivity contribution in [1.29, 1.82) is 0 Å². The lowest BCUT2D eigenvalue weighted by Gasteiger charge is -2.03. The zero-order valence-electron chi connectivity index (χ0n) is 8.49. The van der Waals surface area contributed by atoms with Crippen molar-refractivity contribution < 1.29 is 16.8 Å². The first-order valence-electron chi connectivity index (χ1n) is 4.48. The van der Waals surface area contributed by atoms with Gasteiger partial charge in [0.15, 0.2) is 0 Å². The van der Waals surface area contributed by atoms with Crippen molar-refractivity contribution in [3.8, 4) is 0 Å². The van der Waals surface area contributed by atoms with Crippen molar-refractivity contribution in [1.82, 2.24) is 4.13 Å². The minimum Gasteiger partial charge on any atom is -0.212 e. The van der Waals surface area contributed by atoms with E-state index in [2.05, 4.69) is 0 Å². The molecule has 0 amide bonds. The quantitative estimate of drug-likeness (QED) is 0.658. The summed E-state index contributed by atoms with van der Waals surface area (Å²) in [6.45, 7) is 2.02. The number of hydrogen-bond donors (Lipinski definition) is 1. The van der Waals surface area contributed by atoms with Gasteiger partial charge in [-0.05, 0) is 6.42 Å². The fraction of sp³-hybridized carbons (Fsp3) is 1.00. The minimum atomic E-state index is -3.66. The molecule has 0 rings (SSSR count). The molecule has 0 atom stereocenters. The first kappa shape index (κ1) is 13.9. The molecule has 5 nitrogen and oxygen atoms in total. The molecule has 0 aromatic carbocycles. The number of nitrogens with one attached hydrogen (secondary N) is 1. The first-order chi connectivity index (χ1) is 6.27. The second-order valence-electron chi connectivity index (χ2n) is 3.24. The van der Waals surface area contributed by atoms with Crippen LogP contribution in [-0.2, 0) is 20.0 Å². The molecule has 0 heterocycles. The summed E-state index contributed by atoms with van der Waals surface area (Å²) in [6, 6.07) is 0. The maximum absolute atomic E-state index is 11.1. The normalized spacial score (nSPS) is 13.0. The summed E-state index contributed by atoms with van der Waals surface area (Å²) in [5.74, 6) is -0.125. The first-order valence-corrected chi connectivity index (χ1v) is 8.02. The predicted octanol–water partition coefficient (Wildman–Crippen LogP) is 0.446. The summed E-state index contributed by atoms with van der Waals surface area (Å²) in [4.78, 5) is 0. The average Bonchev–Trinajstić information content (AvgIpc) is 1.93. The molecule has 7 heteroatoms. The molecule has 0 aromatic heterocycles. The van der Waals surface area contributed by atoms with Crippen LogP contribution in [0.25, 0.3) is 0 Å². The van der Waals surface area contributed by atoms with E-state index in [9.17, 15) is 16.8 Å². The van der Waals surface area contributed by atoms with Gasteiger partial charge in [0.1, 0.15) is 0 Å². The molecule has 0 bridgehead atoms. The highest BCUT2D eigenvalue weighted by atomic mass is 32.3. The van der Waals surface area contributed by atoms with Gasteiger partial charge in [0, 0.05) is 0 Å². The van der Waals surface area contributed by atoms with Gasteiger partial charge >= 0.3 is 0 Å². The Bertz CT molecular complexity index is 344. The third-order valence-electron chi connectivity index (χ3n) is 1.54. The van der Waals surface area contributed by atoms with Crippen molar-refractivity contribution in [2.24, 2.45) is 0 Å². The van der Waals surface area contributed by atoms with Gasteiger partial charge in [0.2, 0.25) is 20.0 Å². The molecular formula is C7H17NO4S2. The Morgan fingerprint density at radius 2 is 1.57 bits per heavy atom. The summed E-state index contributed by atoms with van der Waals surface area (Å²) in [7, 11) is -7.32. The van der Waals surface area contributed by atoms with Crippen molar-refractivity contribution >= 4 is 20.0 Å². The van der Waals surface area contributed by atoms with Gasteiger partial charge in [-0.25, -0.2) is 16.8 Å². The van der Waals surface area contributed by atoms with Crippen LogP contribution in [0.2, 0.25) is 0 Å². The van der Waals surface area contributed by atoms with Gasteiger partial charge in [-0.1, -0.05) is 26.2 Å². The van der Waals surface area contributed by atoms with Crippen LogP contribution in [-0.4, -0.2) is 28.8 Å². The molecule has 0 unspecified atom stereocenters. The smallest absolute Gasteiger partial charge is 0.212 e. The third-order valence-corrected chi connectivity index (χ3v) is 4.60. The Balaban J connectivity index is 3.98. The zero-order chi connectivity index (χ0) is 11.2. The van der Waals surface area contributed by atoms with Crippen LogP contribution in [0, 0.1) is 0 Å². The monoisotopic (exact) mass is 243 g/mol. The molecule has 0 spiro atoms. The van der Waals surface area contributed by atoms with Crippen molar-refractivity contribution in [2.45, 2.75) is 32.6 Å². The molecule has 1 N–H and O–H groups in total. The van der Waals surface area contributed by atoms with Crippen LogP contribution in [0.3, 0.4) is 0 Å². The molecule has 0 aliphatic heterocycles. The number of unbranched alkanes of at least 4 members (excludes halogenated alkanes) is 3. The fourth-order valence-electron chi connectivity index (χ4n) is 0.991. The largest absolute Gasteiger partial charge is 0.224 e. The summed E-state index contributed by atoms with van der Waals surface area (Å²) in [5.41, 5.74) is 0. The van der Waals surface area contributed by atoms with Crippen LogP contribution < -0.4 is 4.13 Å². The minimum absolute atomic E-state index is 0.125. The Morgan fingerprint density at radius 1 is 1.00 bits per heavy atom. The van der Waals surface area contributed by atoms with Crippen LogP contribution >= 0.6 is 0 Å². The van der Waals surface area contributed by atoms with Gasteiger partial charge in [0.05, 0.1) is 12.0 Å². The van der Waals surface area contributed by atoms with Crippen molar-refractivity contribution in [3.05, 3.63) is 0 Å². The lowest BCUT2D eigenvalue weighted by molar-refractivity contribution is 0.575. The number of sulfonamides is 2. The lowest BCUT2D eigenvalue weighted by atomic mass is 10.2. The Kier molecular flexibility index (Phi) is 5.61. The van der Waals surface area contributed by atoms with Crippen LogP contribution in [0.5, 0.6) is 0 Å². The van der Waals surface area contributed by atoms with E-state index < -0.39 is 20.0 Å². The Labute approximate surface area is 86.0 Å². The molecule has 0 radical (unpaired) electrons. The van der Waals surface area contributed by atoms with E-state index in [0.29, 0.717) is 6.42 Å². The molecule has 0 aromatic rings. The maximum atomic E-state index is 11.1. The molecule has 14 heavy (non-hydrogen) atoms. The van der Waals surface area contributed by atoms with E-state index in [0.717, 1.165) is 25.5 Å². The zero-order valence-corrected chi connectivity index (χ0v) is 10.1. The SMILES string of the molecule is CCCCCCS(=O)(=O)NS(C)(=O)=O. The topological polar surface area (TPSA) is 80.3 Å². The molecule has 0 saturated heterocycles. The van der Waals surface area contributed by atoms with Gasteiger partial charge in [-0.15, -0.1) is 4.13 Å². The van der Waals surface area contributed by atoms with Gasteiger partial charge in [-0.3, -0.25) is 0 Å². The average molecular weight is 243 g/mol. The number of rotatable bonds is 7. The summed E-state index contributed by atoms with van der Waals surface area (Å²) < 4.78 is 45.1. The van der Waals surface area contributed by atoms with Crippen LogP contribution in [0.15, 0.2) is 0 Å². The van der Waals surface area contributed by atoms with Crippen molar-refractivity contribution in [2.75, 3.05) is 12.0 Å². The third kappa shape index (κ3) is 8.46. The van der Waals surface area contributed by atoms with Crippen LogP contribution in [0.4, 0.5) is 0 Å². The summed E-state index contributed by atoms with van der Waals surface area (Å²) in [5, 5.41) is 0. The summed E-state index contributed by atoms with van der Waals surface area (Å²) >= 11 is 0. The van der Waals surface area contributed by atoms with Crippen molar-refractivity contribution in [3.63, 3.8) is 0 Å². The molecule has 0 saturated carbocycles. The standard InChI is InChI=1S/C7H17NO4S2/c1-3-4-5-6-7-14(11,12)8-13(2,9)10/h8H,3-7H2,1-2H3. The van der Waals surface area contributed by atoms with Gasteiger partial charge < -0.3 is 0 Å². The molecule has 86 valence electrons. The highest BCUT2D eigenvalue weighted by Crippen LogP contribution is 2.01. The predicted molar refractivity (Wildman–Crippen MR) is 55.9 cm³/mol. The van der Waals surface area contributed by atoms with E-state index in [1.165, 1.54) is 0 Å². The molecular weight excluding hydrogens is 226 g/mol. The molecule has 0 aliphatic carbocycles. The van der Waals surface area contributed by atoms with E-state index >= 15 is 0 Å². The molecule has 0 fully saturated rings.